The van der Waals surface area contributed by atoms with E-state index in [1.165, 1.54) is 17.5 Å². The van der Waals surface area contributed by atoms with Gasteiger partial charge < -0.3 is 4.90 Å². The highest BCUT2D eigenvalue weighted by Crippen LogP contribution is 2.30. The molecule has 1 amide bonds. The molecule has 1 atom stereocenters. The third-order valence-corrected chi connectivity index (χ3v) is 6.20. The van der Waals surface area contributed by atoms with Gasteiger partial charge in [-0.15, -0.1) is 5.10 Å². The fourth-order valence-electron chi connectivity index (χ4n) is 4.59. The molecule has 3 aromatic carbocycles. The molecule has 2 heterocycles. The number of nitrogens with zero attached hydrogens (tertiary/aromatic N) is 6. The average Bonchev–Trinajstić information content (AvgIpc) is 3.41. The molecule has 1 aliphatic rings. The summed E-state index contributed by atoms with van der Waals surface area (Å²) in [5.41, 5.74) is 3.40. The number of rotatable bonds is 6. The SMILES string of the molecule is O=C([C@@H](c1ccccc1)n1cnnn1)N1CCN(C(c2ccccc2)c2ccccc2)CC1. The van der Waals surface area contributed by atoms with Crippen molar-refractivity contribution in [2.45, 2.75) is 12.1 Å². The van der Waals surface area contributed by atoms with E-state index in [2.05, 4.69) is 69.0 Å². The van der Waals surface area contributed by atoms with Gasteiger partial charge in [0.1, 0.15) is 6.33 Å². The lowest BCUT2D eigenvalue weighted by Gasteiger charge is -2.40. The van der Waals surface area contributed by atoms with Crippen molar-refractivity contribution in [2.24, 2.45) is 0 Å². The summed E-state index contributed by atoms with van der Waals surface area (Å²) in [6.07, 6.45) is 1.51. The van der Waals surface area contributed by atoms with Crippen LogP contribution < -0.4 is 0 Å². The Morgan fingerprint density at radius 1 is 0.697 bits per heavy atom. The minimum absolute atomic E-state index is 0.0177. The van der Waals surface area contributed by atoms with E-state index in [0.29, 0.717) is 13.1 Å². The molecular formula is C26H26N6O. The van der Waals surface area contributed by atoms with Crippen LogP contribution in [0.15, 0.2) is 97.3 Å². The van der Waals surface area contributed by atoms with Crippen LogP contribution in [0.5, 0.6) is 0 Å². The van der Waals surface area contributed by atoms with E-state index in [4.69, 9.17) is 0 Å². The first-order valence-electron chi connectivity index (χ1n) is 11.2. The van der Waals surface area contributed by atoms with Gasteiger partial charge in [0.25, 0.3) is 5.91 Å². The lowest BCUT2D eigenvalue weighted by Crippen LogP contribution is -2.51. The van der Waals surface area contributed by atoms with Crippen molar-refractivity contribution in [1.82, 2.24) is 30.0 Å². The van der Waals surface area contributed by atoms with Crippen LogP contribution >= 0.6 is 0 Å². The lowest BCUT2D eigenvalue weighted by molar-refractivity contribution is -0.135. The number of hydrogen-bond donors (Lipinski definition) is 0. The maximum Gasteiger partial charge on any atom is 0.252 e. The summed E-state index contributed by atoms with van der Waals surface area (Å²) in [6.45, 7) is 2.88. The minimum Gasteiger partial charge on any atom is -0.338 e. The second kappa shape index (κ2) is 9.75. The largest absolute Gasteiger partial charge is 0.338 e. The number of carbonyl (C=O) groups excluding carboxylic acids is 1. The molecule has 0 aliphatic carbocycles. The zero-order chi connectivity index (χ0) is 22.5. The standard InChI is InChI=1S/C26H26N6O/c33-26(25(32-20-27-28-29-32)23-14-8-3-9-15-23)31-18-16-30(17-19-31)24(21-10-4-1-5-11-21)22-12-6-2-7-13-22/h1-15,20,24-25H,16-19H2/t25-/m1/s1. The van der Waals surface area contributed by atoms with Gasteiger partial charge in [0, 0.05) is 26.2 Å². The first-order chi connectivity index (χ1) is 16.3. The van der Waals surface area contributed by atoms with Crippen molar-refractivity contribution in [3.63, 3.8) is 0 Å². The summed E-state index contributed by atoms with van der Waals surface area (Å²) in [4.78, 5) is 18.0. The Morgan fingerprint density at radius 2 is 1.21 bits per heavy atom. The highest BCUT2D eigenvalue weighted by molar-refractivity contribution is 5.83. The van der Waals surface area contributed by atoms with Crippen molar-refractivity contribution < 1.29 is 4.79 Å². The Labute approximate surface area is 193 Å². The summed E-state index contributed by atoms with van der Waals surface area (Å²) in [7, 11) is 0. The third kappa shape index (κ3) is 4.54. The van der Waals surface area contributed by atoms with Crippen molar-refractivity contribution in [1.29, 1.82) is 0 Å². The Morgan fingerprint density at radius 3 is 1.70 bits per heavy atom. The van der Waals surface area contributed by atoms with Crippen LogP contribution in [0.3, 0.4) is 0 Å². The smallest absolute Gasteiger partial charge is 0.252 e. The van der Waals surface area contributed by atoms with Crippen LogP contribution in [0.25, 0.3) is 0 Å². The number of tetrazole rings is 1. The number of amides is 1. The van der Waals surface area contributed by atoms with E-state index >= 15 is 0 Å². The van der Waals surface area contributed by atoms with Gasteiger partial charge >= 0.3 is 0 Å². The summed E-state index contributed by atoms with van der Waals surface area (Å²) < 4.78 is 1.54. The van der Waals surface area contributed by atoms with Gasteiger partial charge in [-0.05, 0) is 27.1 Å². The molecule has 0 saturated carbocycles. The van der Waals surface area contributed by atoms with Gasteiger partial charge in [0.15, 0.2) is 6.04 Å². The van der Waals surface area contributed by atoms with Gasteiger partial charge in [-0.2, -0.15) is 0 Å². The number of carbonyl (C=O) groups is 1. The summed E-state index contributed by atoms with van der Waals surface area (Å²) in [6, 6.07) is 30.4. The number of aromatic nitrogens is 4. The predicted molar refractivity (Wildman–Crippen MR) is 125 cm³/mol. The molecule has 1 saturated heterocycles. The molecule has 5 rings (SSSR count). The predicted octanol–water partition coefficient (Wildman–Crippen LogP) is 3.20. The Balaban J connectivity index is 1.36. The monoisotopic (exact) mass is 438 g/mol. The summed E-state index contributed by atoms with van der Waals surface area (Å²) in [5, 5.41) is 11.5. The van der Waals surface area contributed by atoms with Gasteiger partial charge in [-0.1, -0.05) is 91.0 Å². The van der Waals surface area contributed by atoms with E-state index in [-0.39, 0.29) is 11.9 Å². The quantitative estimate of drug-likeness (QED) is 0.463. The molecule has 7 heteroatoms. The first-order valence-corrected chi connectivity index (χ1v) is 11.2. The molecule has 1 aromatic heterocycles. The highest BCUT2D eigenvalue weighted by Gasteiger charge is 2.33. The fraction of sp³-hybridized carbons (Fsp3) is 0.231. The molecule has 0 unspecified atom stereocenters. The third-order valence-electron chi connectivity index (χ3n) is 6.20. The fourth-order valence-corrected chi connectivity index (χ4v) is 4.59. The Hall–Kier alpha value is -3.84. The van der Waals surface area contributed by atoms with Crippen molar-refractivity contribution in [2.75, 3.05) is 26.2 Å². The van der Waals surface area contributed by atoms with Crippen molar-refractivity contribution in [3.8, 4) is 0 Å². The van der Waals surface area contributed by atoms with E-state index in [1.54, 1.807) is 4.68 Å². The molecule has 0 N–H and O–H groups in total. The second-order valence-electron chi connectivity index (χ2n) is 8.19. The molecule has 0 bridgehead atoms. The maximum absolute atomic E-state index is 13.6. The number of piperazine rings is 1. The lowest BCUT2D eigenvalue weighted by atomic mass is 9.96. The van der Waals surface area contributed by atoms with Crippen LogP contribution in [-0.2, 0) is 4.79 Å². The zero-order valence-corrected chi connectivity index (χ0v) is 18.3. The van der Waals surface area contributed by atoms with E-state index in [9.17, 15) is 4.79 Å². The minimum atomic E-state index is -0.563. The highest BCUT2D eigenvalue weighted by atomic mass is 16.2. The summed E-state index contributed by atoms with van der Waals surface area (Å²) in [5.74, 6) is 0.0177. The van der Waals surface area contributed by atoms with Gasteiger partial charge in [-0.25, -0.2) is 4.68 Å². The summed E-state index contributed by atoms with van der Waals surface area (Å²) >= 11 is 0. The Kier molecular flexibility index (Phi) is 6.21. The normalized spacial score (nSPS) is 15.5. The molecule has 7 nitrogen and oxygen atoms in total. The van der Waals surface area contributed by atoms with Gasteiger partial charge in [0.2, 0.25) is 0 Å². The van der Waals surface area contributed by atoms with Crippen LogP contribution in [0.4, 0.5) is 0 Å². The first kappa shape index (κ1) is 21.0. The molecular weight excluding hydrogens is 412 g/mol. The van der Waals surface area contributed by atoms with Crippen LogP contribution in [-0.4, -0.2) is 62.1 Å². The molecule has 0 radical (unpaired) electrons. The number of benzene rings is 3. The molecule has 33 heavy (non-hydrogen) atoms. The van der Waals surface area contributed by atoms with Crippen molar-refractivity contribution in [3.05, 3.63) is 114 Å². The Bertz CT molecular complexity index is 1100. The molecule has 4 aromatic rings. The van der Waals surface area contributed by atoms with Crippen molar-refractivity contribution >= 4 is 5.91 Å². The van der Waals surface area contributed by atoms with Crippen LogP contribution in [0.2, 0.25) is 0 Å². The molecule has 166 valence electrons. The topological polar surface area (TPSA) is 67.2 Å². The van der Waals surface area contributed by atoms with E-state index in [0.717, 1.165) is 18.7 Å². The zero-order valence-electron chi connectivity index (χ0n) is 18.3. The van der Waals surface area contributed by atoms with E-state index in [1.807, 2.05) is 47.4 Å². The number of hydrogen-bond acceptors (Lipinski definition) is 5. The molecule has 0 spiro atoms. The second-order valence-corrected chi connectivity index (χ2v) is 8.19. The molecule has 1 aliphatic heterocycles. The molecule has 1 fully saturated rings. The van der Waals surface area contributed by atoms with E-state index < -0.39 is 6.04 Å². The maximum atomic E-state index is 13.6. The van der Waals surface area contributed by atoms with Crippen LogP contribution in [0.1, 0.15) is 28.8 Å². The van der Waals surface area contributed by atoms with Gasteiger partial charge in [0.05, 0.1) is 6.04 Å². The average molecular weight is 439 g/mol. The van der Waals surface area contributed by atoms with Crippen LogP contribution in [0, 0.1) is 0 Å². The van der Waals surface area contributed by atoms with Gasteiger partial charge in [-0.3, -0.25) is 9.69 Å².